The molecule has 4 fully saturated rings. The van der Waals surface area contributed by atoms with Crippen molar-refractivity contribution in [2.24, 2.45) is 34.5 Å². The topological polar surface area (TPSA) is 59.1 Å². The van der Waals surface area contributed by atoms with Crippen molar-refractivity contribution >= 4 is 5.97 Å². The van der Waals surface area contributed by atoms with Gasteiger partial charge in [0.25, 0.3) is 0 Å². The van der Waals surface area contributed by atoms with E-state index in [0.717, 1.165) is 36.8 Å². The van der Waals surface area contributed by atoms with Crippen molar-refractivity contribution in [2.45, 2.75) is 76.6 Å². The number of carbonyl (C=O) groups excluding carboxylic acids is 1. The van der Waals surface area contributed by atoms with Crippen molar-refractivity contribution in [3.8, 4) is 0 Å². The summed E-state index contributed by atoms with van der Waals surface area (Å²) in [5.74, 6) is -0.871. The Balaban J connectivity index is 1.44. The van der Waals surface area contributed by atoms with Crippen molar-refractivity contribution in [2.75, 3.05) is 6.61 Å². The van der Waals surface area contributed by atoms with Gasteiger partial charge in [0.2, 0.25) is 6.43 Å². The first-order chi connectivity index (χ1) is 13.3. The highest BCUT2D eigenvalue weighted by Gasteiger charge is 2.87. The molecule has 1 saturated heterocycles. The molecule has 2 aliphatic heterocycles. The van der Waals surface area contributed by atoms with E-state index in [9.17, 15) is 18.7 Å². The van der Waals surface area contributed by atoms with E-state index < -0.39 is 35.4 Å². The lowest BCUT2D eigenvalue weighted by Crippen LogP contribution is -2.73. The third-order valence-electron chi connectivity index (χ3n) is 9.99. The summed E-state index contributed by atoms with van der Waals surface area (Å²) in [7, 11) is 0. The molecule has 2 spiro atoms. The first-order valence-electron chi connectivity index (χ1n) is 10.8. The molecule has 4 unspecified atom stereocenters. The van der Waals surface area contributed by atoms with Gasteiger partial charge in [-0.05, 0) is 61.9 Å². The van der Waals surface area contributed by atoms with E-state index in [1.807, 2.05) is 0 Å². The Morgan fingerprint density at radius 3 is 2.71 bits per heavy atom. The van der Waals surface area contributed by atoms with Crippen molar-refractivity contribution in [3.05, 3.63) is 11.1 Å². The lowest BCUT2D eigenvalue weighted by Gasteiger charge is -2.69. The average Bonchev–Trinajstić information content (AvgIpc) is 3.27. The Hall–Kier alpha value is -1.01. The van der Waals surface area contributed by atoms with E-state index in [1.54, 1.807) is 6.92 Å². The maximum absolute atomic E-state index is 13.5. The summed E-state index contributed by atoms with van der Waals surface area (Å²) in [4.78, 5) is 12.1. The number of rotatable bonds is 2. The third kappa shape index (κ3) is 1.66. The van der Waals surface area contributed by atoms with Crippen LogP contribution in [0.1, 0.15) is 52.4 Å². The van der Waals surface area contributed by atoms with Gasteiger partial charge in [0.1, 0.15) is 12.2 Å². The highest BCUT2D eigenvalue weighted by atomic mass is 19.3. The number of ether oxygens (including phenoxy) is 2. The molecule has 0 aromatic carbocycles. The summed E-state index contributed by atoms with van der Waals surface area (Å²) in [5.41, 5.74) is 1.04. The molecule has 6 heteroatoms. The SMILES string of the molecule is CC(C(F)F)C1C[C@@H]2O[C@@]23[C@@]2(C)CCC4=C(COC4=O)C2C[C@@H]2CC[C@@]23C1O. The fourth-order valence-corrected chi connectivity index (χ4v) is 8.48. The summed E-state index contributed by atoms with van der Waals surface area (Å²) < 4.78 is 38.9. The molecule has 0 aromatic heterocycles. The van der Waals surface area contributed by atoms with Crippen LogP contribution in [0.3, 0.4) is 0 Å². The molecule has 3 saturated carbocycles. The number of aliphatic hydroxyl groups is 1. The van der Waals surface area contributed by atoms with Crippen LogP contribution in [0, 0.1) is 34.5 Å². The third-order valence-corrected chi connectivity index (χ3v) is 9.99. The molecular formula is C22H28F2O4. The predicted octanol–water partition coefficient (Wildman–Crippen LogP) is 3.48. The Labute approximate surface area is 163 Å². The Kier molecular flexibility index (Phi) is 3.29. The van der Waals surface area contributed by atoms with Crippen LogP contribution in [0.15, 0.2) is 11.1 Å². The maximum Gasteiger partial charge on any atom is 0.334 e. The molecule has 4 nitrogen and oxygen atoms in total. The van der Waals surface area contributed by atoms with Crippen LogP contribution in [0.5, 0.6) is 0 Å². The van der Waals surface area contributed by atoms with Crippen molar-refractivity contribution in [1.82, 2.24) is 0 Å². The highest BCUT2D eigenvalue weighted by Crippen LogP contribution is 2.82. The number of halogens is 2. The molecule has 28 heavy (non-hydrogen) atoms. The van der Waals surface area contributed by atoms with Gasteiger partial charge in [-0.2, -0.15) is 0 Å². The Morgan fingerprint density at radius 1 is 1.25 bits per heavy atom. The summed E-state index contributed by atoms with van der Waals surface area (Å²) in [6, 6.07) is 0. The fraction of sp³-hybridized carbons (Fsp3) is 0.864. The van der Waals surface area contributed by atoms with E-state index in [1.165, 1.54) is 0 Å². The molecular weight excluding hydrogens is 366 g/mol. The molecule has 154 valence electrons. The minimum Gasteiger partial charge on any atom is -0.458 e. The van der Waals surface area contributed by atoms with Crippen LogP contribution in [-0.2, 0) is 14.3 Å². The zero-order chi connectivity index (χ0) is 19.6. The van der Waals surface area contributed by atoms with Crippen LogP contribution in [-0.4, -0.2) is 41.9 Å². The molecule has 0 amide bonds. The molecule has 6 rings (SSSR count). The molecule has 0 bridgehead atoms. The molecule has 0 radical (unpaired) electrons. The van der Waals surface area contributed by atoms with E-state index in [0.29, 0.717) is 19.4 Å². The second-order valence-electron chi connectivity index (χ2n) is 10.4. The smallest absolute Gasteiger partial charge is 0.334 e. The van der Waals surface area contributed by atoms with Gasteiger partial charge in [0.15, 0.2) is 0 Å². The number of esters is 1. The van der Waals surface area contributed by atoms with Gasteiger partial charge in [-0.15, -0.1) is 0 Å². The van der Waals surface area contributed by atoms with Gasteiger partial charge in [-0.25, -0.2) is 13.6 Å². The molecule has 6 aliphatic rings. The van der Waals surface area contributed by atoms with Gasteiger partial charge >= 0.3 is 5.97 Å². The second-order valence-corrected chi connectivity index (χ2v) is 10.4. The van der Waals surface area contributed by atoms with Gasteiger partial charge in [-0.1, -0.05) is 13.8 Å². The first kappa shape index (κ1) is 17.8. The molecule has 2 heterocycles. The zero-order valence-electron chi connectivity index (χ0n) is 16.4. The number of carbonyl (C=O) groups is 1. The molecule has 0 aromatic rings. The summed E-state index contributed by atoms with van der Waals surface area (Å²) in [5, 5.41) is 11.5. The van der Waals surface area contributed by atoms with E-state index >= 15 is 0 Å². The predicted molar refractivity (Wildman–Crippen MR) is 95.5 cm³/mol. The molecule has 1 N–H and O–H groups in total. The first-order valence-corrected chi connectivity index (χ1v) is 10.8. The molecule has 4 aliphatic carbocycles. The number of hydrogen-bond acceptors (Lipinski definition) is 4. The highest BCUT2D eigenvalue weighted by molar-refractivity contribution is 5.92. The molecule has 9 atom stereocenters. The van der Waals surface area contributed by atoms with Crippen LogP contribution < -0.4 is 0 Å². The van der Waals surface area contributed by atoms with Crippen LogP contribution in [0.4, 0.5) is 8.78 Å². The van der Waals surface area contributed by atoms with Gasteiger partial charge in [-0.3, -0.25) is 0 Å². The normalized spacial score (nSPS) is 54.6. The lowest BCUT2D eigenvalue weighted by atomic mass is 9.33. The minimum atomic E-state index is -2.42. The van der Waals surface area contributed by atoms with E-state index in [-0.39, 0.29) is 29.3 Å². The largest absolute Gasteiger partial charge is 0.458 e. The van der Waals surface area contributed by atoms with Gasteiger partial charge in [0.05, 0.1) is 12.2 Å². The van der Waals surface area contributed by atoms with E-state index in [4.69, 9.17) is 9.47 Å². The second kappa shape index (κ2) is 5.18. The summed E-state index contributed by atoms with van der Waals surface area (Å²) in [6.07, 6.45) is 1.66. The number of epoxide rings is 1. The van der Waals surface area contributed by atoms with Crippen LogP contribution in [0.2, 0.25) is 0 Å². The van der Waals surface area contributed by atoms with Crippen LogP contribution >= 0.6 is 0 Å². The van der Waals surface area contributed by atoms with Gasteiger partial charge in [0, 0.05) is 22.3 Å². The van der Waals surface area contributed by atoms with Crippen molar-refractivity contribution in [1.29, 1.82) is 0 Å². The zero-order valence-corrected chi connectivity index (χ0v) is 16.4. The monoisotopic (exact) mass is 394 g/mol. The fourth-order valence-electron chi connectivity index (χ4n) is 8.48. The number of aliphatic hydroxyl groups excluding tert-OH is 1. The van der Waals surface area contributed by atoms with Gasteiger partial charge < -0.3 is 14.6 Å². The lowest BCUT2D eigenvalue weighted by molar-refractivity contribution is -0.247. The average molecular weight is 394 g/mol. The Morgan fingerprint density at radius 2 is 2.04 bits per heavy atom. The maximum atomic E-state index is 13.5. The summed E-state index contributed by atoms with van der Waals surface area (Å²) >= 11 is 0. The standard InChI is InChI=1S/C22H28F2O4/c1-10(18(23)24)13-8-16-22(28-16)20(2)5-4-12-14(9-27-19(12)26)15(20)7-11-3-6-21(11,22)17(13)25/h10-11,13,15-18,25H,3-9H2,1-2H3/t10?,11-,13?,15?,16-,17?,20-,21-,22+/m0/s1. The minimum absolute atomic E-state index is 0.0436. The van der Waals surface area contributed by atoms with E-state index in [2.05, 4.69) is 6.92 Å². The van der Waals surface area contributed by atoms with Crippen molar-refractivity contribution < 1.29 is 28.2 Å². The number of hydrogen-bond donors (Lipinski definition) is 1. The number of alkyl halides is 2. The Bertz CT molecular complexity index is 795. The number of cyclic esters (lactones) is 1. The van der Waals surface area contributed by atoms with Crippen molar-refractivity contribution in [3.63, 3.8) is 0 Å². The van der Waals surface area contributed by atoms with Crippen LogP contribution in [0.25, 0.3) is 0 Å². The quantitative estimate of drug-likeness (QED) is 0.576. The number of fused-ring (bicyclic) bond motifs is 2. The summed E-state index contributed by atoms with van der Waals surface area (Å²) in [6.45, 7) is 4.23.